The van der Waals surface area contributed by atoms with E-state index in [0.717, 1.165) is 81.8 Å². The molecule has 6 heteroatoms. The number of aromatic nitrogens is 2. The minimum absolute atomic E-state index is 0.159. The Morgan fingerprint density at radius 3 is 2.63 bits per heavy atom. The highest BCUT2D eigenvalue weighted by molar-refractivity contribution is 5.83. The predicted octanol–water partition coefficient (Wildman–Crippen LogP) is 3.24. The number of benzene rings is 1. The Hall–Kier alpha value is -2.08. The maximum atomic E-state index is 12.7. The standard InChI is InChI=1S/C21H27N3O3/c25-21(15-7-11-26-12-8-15)24-9-5-14(6-10-24)20-18-4-3-17(27-16-1-2-16)13-19(18)22-23-20/h3-4,13-16H,1-2,5-12H2,(H,22,23). The molecule has 0 bridgehead atoms. The molecule has 0 unspecified atom stereocenters. The summed E-state index contributed by atoms with van der Waals surface area (Å²) in [6.45, 7) is 3.10. The molecule has 3 heterocycles. The number of hydrogen-bond acceptors (Lipinski definition) is 4. The van der Waals surface area contributed by atoms with Gasteiger partial charge in [0.05, 0.1) is 17.3 Å². The fourth-order valence-corrected chi connectivity index (χ4v) is 4.36. The zero-order valence-electron chi connectivity index (χ0n) is 15.7. The molecule has 2 aliphatic heterocycles. The number of nitrogens with one attached hydrogen (secondary N) is 1. The molecule has 0 radical (unpaired) electrons. The minimum atomic E-state index is 0.159. The maximum absolute atomic E-state index is 12.7. The molecule has 1 N–H and O–H groups in total. The van der Waals surface area contributed by atoms with Crippen molar-refractivity contribution in [1.29, 1.82) is 0 Å². The molecule has 27 heavy (non-hydrogen) atoms. The third kappa shape index (κ3) is 3.55. The van der Waals surface area contributed by atoms with Crippen LogP contribution in [-0.4, -0.2) is 53.4 Å². The summed E-state index contributed by atoms with van der Waals surface area (Å²) in [5.41, 5.74) is 2.19. The molecule has 3 aliphatic rings. The number of H-pyrrole nitrogens is 1. The van der Waals surface area contributed by atoms with Gasteiger partial charge in [0.1, 0.15) is 5.75 Å². The molecular formula is C21H27N3O3. The summed E-state index contributed by atoms with van der Waals surface area (Å²) in [6.07, 6.45) is 6.43. The van der Waals surface area contributed by atoms with Gasteiger partial charge in [-0.25, -0.2) is 0 Å². The van der Waals surface area contributed by atoms with E-state index in [4.69, 9.17) is 9.47 Å². The molecule has 2 saturated heterocycles. The Labute approximate surface area is 159 Å². The largest absolute Gasteiger partial charge is 0.490 e. The first-order chi connectivity index (χ1) is 13.3. The van der Waals surface area contributed by atoms with E-state index in [1.807, 2.05) is 0 Å². The number of carbonyl (C=O) groups excluding carboxylic acids is 1. The molecule has 1 amide bonds. The van der Waals surface area contributed by atoms with E-state index in [1.54, 1.807) is 0 Å². The number of rotatable bonds is 4. The number of fused-ring (bicyclic) bond motifs is 1. The Balaban J connectivity index is 1.24. The first kappa shape index (κ1) is 17.0. The molecular weight excluding hydrogens is 342 g/mol. The van der Waals surface area contributed by atoms with Crippen molar-refractivity contribution in [3.05, 3.63) is 23.9 Å². The van der Waals surface area contributed by atoms with Crippen molar-refractivity contribution in [3.63, 3.8) is 0 Å². The van der Waals surface area contributed by atoms with Gasteiger partial charge in [0.25, 0.3) is 0 Å². The number of ether oxygens (including phenoxy) is 2. The quantitative estimate of drug-likeness (QED) is 0.898. The number of amides is 1. The SMILES string of the molecule is O=C(C1CCOCC1)N1CCC(c2n[nH]c3cc(OC4CC4)ccc23)CC1. The first-order valence-corrected chi connectivity index (χ1v) is 10.3. The van der Waals surface area contributed by atoms with Crippen LogP contribution in [0.3, 0.4) is 0 Å². The van der Waals surface area contributed by atoms with E-state index in [0.29, 0.717) is 17.9 Å². The van der Waals surface area contributed by atoms with Crippen LogP contribution < -0.4 is 4.74 Å². The Bertz CT molecular complexity index is 815. The lowest BCUT2D eigenvalue weighted by atomic mass is 9.90. The minimum Gasteiger partial charge on any atom is -0.490 e. The van der Waals surface area contributed by atoms with Gasteiger partial charge in [0.2, 0.25) is 5.91 Å². The van der Waals surface area contributed by atoms with Crippen LogP contribution in [0.15, 0.2) is 18.2 Å². The van der Waals surface area contributed by atoms with Gasteiger partial charge in [-0.05, 0) is 50.7 Å². The highest BCUT2D eigenvalue weighted by atomic mass is 16.5. The first-order valence-electron chi connectivity index (χ1n) is 10.3. The second kappa shape index (κ2) is 7.15. The van der Waals surface area contributed by atoms with Gasteiger partial charge in [-0.1, -0.05) is 0 Å². The summed E-state index contributed by atoms with van der Waals surface area (Å²) < 4.78 is 11.3. The van der Waals surface area contributed by atoms with Crippen LogP contribution in [0.5, 0.6) is 5.75 Å². The highest BCUT2D eigenvalue weighted by Crippen LogP contribution is 2.34. The Kier molecular flexibility index (Phi) is 4.52. The number of aromatic amines is 1. The average molecular weight is 369 g/mol. The summed E-state index contributed by atoms with van der Waals surface area (Å²) in [5, 5.41) is 8.98. The van der Waals surface area contributed by atoms with E-state index < -0.39 is 0 Å². The van der Waals surface area contributed by atoms with Crippen LogP contribution in [-0.2, 0) is 9.53 Å². The molecule has 5 rings (SSSR count). The van der Waals surface area contributed by atoms with E-state index >= 15 is 0 Å². The van der Waals surface area contributed by atoms with Crippen LogP contribution in [0.2, 0.25) is 0 Å². The molecule has 0 spiro atoms. The molecule has 3 fully saturated rings. The summed E-state index contributed by atoms with van der Waals surface area (Å²) in [6, 6.07) is 6.25. The number of piperidine rings is 1. The average Bonchev–Trinajstić information content (AvgIpc) is 3.44. The molecule has 1 aliphatic carbocycles. The van der Waals surface area contributed by atoms with Gasteiger partial charge >= 0.3 is 0 Å². The third-order valence-electron chi connectivity index (χ3n) is 6.15. The molecule has 1 saturated carbocycles. The highest BCUT2D eigenvalue weighted by Gasteiger charge is 2.31. The van der Waals surface area contributed by atoms with E-state index in [2.05, 4.69) is 33.3 Å². The zero-order valence-corrected chi connectivity index (χ0v) is 15.7. The molecule has 144 valence electrons. The van der Waals surface area contributed by atoms with Gasteiger partial charge < -0.3 is 14.4 Å². The number of carbonyl (C=O) groups is 1. The lowest BCUT2D eigenvalue weighted by Gasteiger charge is -2.34. The normalized spacial score (nSPS) is 22.3. The van der Waals surface area contributed by atoms with Crippen LogP contribution in [0.25, 0.3) is 10.9 Å². The lowest BCUT2D eigenvalue weighted by molar-refractivity contribution is -0.139. The maximum Gasteiger partial charge on any atom is 0.225 e. The summed E-state index contributed by atoms with van der Waals surface area (Å²) >= 11 is 0. The molecule has 2 aromatic rings. The van der Waals surface area contributed by atoms with Crippen molar-refractivity contribution in [3.8, 4) is 5.75 Å². The summed E-state index contributed by atoms with van der Waals surface area (Å²) in [7, 11) is 0. The van der Waals surface area contributed by atoms with Gasteiger partial charge in [0, 0.05) is 49.6 Å². The third-order valence-corrected chi connectivity index (χ3v) is 6.15. The Morgan fingerprint density at radius 1 is 1.11 bits per heavy atom. The molecule has 6 nitrogen and oxygen atoms in total. The van der Waals surface area contributed by atoms with Crippen molar-refractivity contribution in [2.24, 2.45) is 5.92 Å². The van der Waals surface area contributed by atoms with Crippen molar-refractivity contribution in [2.75, 3.05) is 26.3 Å². The van der Waals surface area contributed by atoms with Crippen molar-refractivity contribution in [2.45, 2.75) is 50.5 Å². The number of nitrogens with zero attached hydrogens (tertiary/aromatic N) is 2. The van der Waals surface area contributed by atoms with E-state index in [-0.39, 0.29) is 5.92 Å². The monoisotopic (exact) mass is 369 g/mol. The smallest absolute Gasteiger partial charge is 0.225 e. The second-order valence-corrected chi connectivity index (χ2v) is 8.12. The van der Waals surface area contributed by atoms with Gasteiger partial charge in [-0.15, -0.1) is 0 Å². The Morgan fingerprint density at radius 2 is 1.89 bits per heavy atom. The number of hydrogen-bond donors (Lipinski definition) is 1. The predicted molar refractivity (Wildman–Crippen MR) is 102 cm³/mol. The van der Waals surface area contributed by atoms with Gasteiger partial charge in [0.15, 0.2) is 0 Å². The van der Waals surface area contributed by atoms with E-state index in [9.17, 15) is 4.79 Å². The summed E-state index contributed by atoms with van der Waals surface area (Å²) in [4.78, 5) is 14.8. The van der Waals surface area contributed by atoms with Crippen molar-refractivity contribution >= 4 is 16.8 Å². The van der Waals surface area contributed by atoms with Crippen LogP contribution in [0, 0.1) is 5.92 Å². The topological polar surface area (TPSA) is 67.5 Å². The molecule has 1 aromatic carbocycles. The van der Waals surface area contributed by atoms with E-state index in [1.165, 1.54) is 5.39 Å². The lowest BCUT2D eigenvalue weighted by Crippen LogP contribution is -2.42. The summed E-state index contributed by atoms with van der Waals surface area (Å²) in [5.74, 6) is 1.82. The van der Waals surface area contributed by atoms with Gasteiger partial charge in [-0.3, -0.25) is 9.89 Å². The van der Waals surface area contributed by atoms with Crippen molar-refractivity contribution < 1.29 is 14.3 Å². The van der Waals surface area contributed by atoms with Crippen LogP contribution in [0.1, 0.15) is 50.1 Å². The molecule has 1 aromatic heterocycles. The van der Waals surface area contributed by atoms with Crippen LogP contribution >= 0.6 is 0 Å². The fourth-order valence-electron chi connectivity index (χ4n) is 4.36. The number of likely N-dealkylation sites (tertiary alicyclic amines) is 1. The molecule has 0 atom stereocenters. The fraction of sp³-hybridized carbons (Fsp3) is 0.619. The second-order valence-electron chi connectivity index (χ2n) is 8.12. The van der Waals surface area contributed by atoms with Gasteiger partial charge in [-0.2, -0.15) is 5.10 Å². The van der Waals surface area contributed by atoms with Crippen molar-refractivity contribution in [1.82, 2.24) is 15.1 Å². The zero-order chi connectivity index (χ0) is 18.2. The van der Waals surface area contributed by atoms with Crippen LogP contribution in [0.4, 0.5) is 0 Å².